The molecule has 0 spiro atoms. The number of alkyl halides is 3. The average molecular weight is 671 g/mol. The summed E-state index contributed by atoms with van der Waals surface area (Å²) in [4.78, 5) is 30.0. The topological polar surface area (TPSA) is 119 Å². The Balaban J connectivity index is 1.35. The predicted octanol–water partition coefficient (Wildman–Crippen LogP) is 7.34. The molecule has 1 aromatic heterocycles. The van der Waals surface area contributed by atoms with Gasteiger partial charge in [0.2, 0.25) is 0 Å². The molecule has 0 saturated heterocycles. The van der Waals surface area contributed by atoms with Crippen LogP contribution in [-0.4, -0.2) is 42.0 Å². The van der Waals surface area contributed by atoms with Gasteiger partial charge in [-0.1, -0.05) is 75.1 Å². The van der Waals surface area contributed by atoms with E-state index in [9.17, 15) is 31.2 Å². The minimum absolute atomic E-state index is 0.102. The number of rotatable bonds is 11. The zero-order chi connectivity index (χ0) is 33.6. The second-order valence-corrected chi connectivity index (χ2v) is 13.4. The molecule has 1 saturated carbocycles. The molecule has 13 heteroatoms. The molecule has 1 fully saturated rings. The summed E-state index contributed by atoms with van der Waals surface area (Å²) in [6, 6.07) is 19.0. The highest BCUT2D eigenvalue weighted by Gasteiger charge is 2.47. The number of hydrogen-bond donors (Lipinski definition) is 2. The molecule has 1 heterocycles. The van der Waals surface area contributed by atoms with Crippen molar-refractivity contribution in [1.82, 2.24) is 19.6 Å². The Kier molecular flexibility index (Phi) is 10.5. The lowest BCUT2D eigenvalue weighted by Crippen LogP contribution is -2.41. The number of carbonyl (C=O) groups is 2. The lowest BCUT2D eigenvalue weighted by atomic mass is 9.89. The Labute approximate surface area is 271 Å². The fourth-order valence-electron chi connectivity index (χ4n) is 5.80. The molecule has 1 aliphatic carbocycles. The van der Waals surface area contributed by atoms with E-state index in [4.69, 9.17) is 9.72 Å². The number of ether oxygens (including phenoxy) is 1. The third-order valence-corrected chi connectivity index (χ3v) is 9.38. The van der Waals surface area contributed by atoms with Gasteiger partial charge >= 0.3 is 21.6 Å². The van der Waals surface area contributed by atoms with Crippen molar-refractivity contribution in [2.75, 3.05) is 6.54 Å². The van der Waals surface area contributed by atoms with E-state index >= 15 is 0 Å². The number of halogens is 3. The number of carbonyl (C=O) groups excluding carboxylic acids is 2. The van der Waals surface area contributed by atoms with E-state index in [-0.39, 0.29) is 11.7 Å². The smallest absolute Gasteiger partial charge is 0.409 e. The van der Waals surface area contributed by atoms with Crippen LogP contribution in [0.4, 0.5) is 18.0 Å². The van der Waals surface area contributed by atoms with Gasteiger partial charge in [0.1, 0.15) is 11.6 Å². The number of imidazole rings is 1. The molecule has 2 amide bonds. The Bertz CT molecular complexity index is 1830. The van der Waals surface area contributed by atoms with Crippen molar-refractivity contribution in [3.05, 3.63) is 83.7 Å². The maximum atomic E-state index is 13.1. The van der Waals surface area contributed by atoms with Crippen molar-refractivity contribution in [1.29, 1.82) is 0 Å². The first-order valence-corrected chi connectivity index (χ1v) is 17.2. The molecule has 0 radical (unpaired) electrons. The quantitative estimate of drug-likeness (QED) is 0.172. The van der Waals surface area contributed by atoms with Gasteiger partial charge in [0.05, 0.1) is 11.0 Å². The van der Waals surface area contributed by atoms with E-state index in [2.05, 4.69) is 16.8 Å². The lowest BCUT2D eigenvalue weighted by Gasteiger charge is -2.21. The molecule has 3 aromatic carbocycles. The second kappa shape index (κ2) is 14.6. The van der Waals surface area contributed by atoms with Crippen molar-refractivity contribution in [2.45, 2.75) is 70.3 Å². The van der Waals surface area contributed by atoms with Crippen LogP contribution < -0.4 is 14.8 Å². The first-order valence-electron chi connectivity index (χ1n) is 15.7. The number of unbranched alkanes of at least 4 members (excludes halogenated alkanes) is 1. The van der Waals surface area contributed by atoms with Crippen molar-refractivity contribution in [3.63, 3.8) is 0 Å². The van der Waals surface area contributed by atoms with E-state index < -0.39 is 21.6 Å². The van der Waals surface area contributed by atoms with Crippen molar-refractivity contribution in [2.24, 2.45) is 5.92 Å². The molecule has 0 aliphatic heterocycles. The molecular weight excluding hydrogens is 633 g/mol. The molecule has 0 atom stereocenters. The summed E-state index contributed by atoms with van der Waals surface area (Å²) in [6.45, 7) is 3.26. The molecular formula is C34H37F3N4O5S. The summed E-state index contributed by atoms with van der Waals surface area (Å²) in [7, 11) is -5.92. The van der Waals surface area contributed by atoms with Crippen LogP contribution in [-0.2, 0) is 23.0 Å². The molecule has 47 heavy (non-hydrogen) atoms. The van der Waals surface area contributed by atoms with Gasteiger partial charge in [0.15, 0.2) is 0 Å². The van der Waals surface area contributed by atoms with Crippen LogP contribution in [0.5, 0.6) is 5.75 Å². The van der Waals surface area contributed by atoms with Gasteiger partial charge in [0.25, 0.3) is 5.91 Å². The standard InChI is InChI=1S/C34H37F3N4O5S/c1-2-3-13-31-39-28-19-18-26(32(42)38-21-23-9-5-4-6-10-23)20-29(28)41(31)22-24-14-16-25(17-15-24)27-11-7-8-12-30(27)46-33(43)40-47(44,45)34(35,36)37/h7-8,11-12,14-20,23H,2-6,9-10,13,21-22H2,1H3,(H,38,42)(H,40,43). The Morgan fingerprint density at radius 2 is 1.72 bits per heavy atom. The van der Waals surface area contributed by atoms with Gasteiger partial charge in [-0.25, -0.2) is 14.5 Å². The third-order valence-electron chi connectivity index (χ3n) is 8.34. The van der Waals surface area contributed by atoms with Crippen LogP contribution in [0.3, 0.4) is 0 Å². The SMILES string of the molecule is CCCCc1nc2ccc(C(=O)NCC3CCCCC3)cc2n1Cc1ccc(-c2ccccc2OC(=O)NS(=O)(=O)C(F)(F)F)cc1. The van der Waals surface area contributed by atoms with E-state index in [1.165, 1.54) is 31.4 Å². The van der Waals surface area contributed by atoms with E-state index in [0.29, 0.717) is 35.7 Å². The van der Waals surface area contributed by atoms with Crippen LogP contribution in [0, 0.1) is 5.92 Å². The maximum Gasteiger partial charge on any atom is 0.516 e. The molecule has 0 bridgehead atoms. The molecule has 9 nitrogen and oxygen atoms in total. The second-order valence-electron chi connectivity index (χ2n) is 11.8. The number of aryl methyl sites for hydroxylation is 1. The van der Waals surface area contributed by atoms with Crippen LogP contribution >= 0.6 is 0 Å². The summed E-state index contributed by atoms with van der Waals surface area (Å²) in [6.07, 6.45) is 6.91. The van der Waals surface area contributed by atoms with Crippen LogP contribution in [0.2, 0.25) is 0 Å². The number of amides is 2. The predicted molar refractivity (Wildman–Crippen MR) is 172 cm³/mol. The number of nitrogens with zero attached hydrogens (tertiary/aromatic N) is 2. The highest BCUT2D eigenvalue weighted by Crippen LogP contribution is 2.31. The van der Waals surface area contributed by atoms with Crippen molar-refractivity contribution < 1.29 is 35.9 Å². The fourth-order valence-corrected chi connectivity index (χ4v) is 6.18. The molecule has 250 valence electrons. The van der Waals surface area contributed by atoms with E-state index in [1.807, 2.05) is 30.3 Å². The number of sulfonamides is 1. The minimum Gasteiger partial charge on any atom is -0.409 e. The number of nitrogens with one attached hydrogen (secondary N) is 2. The average Bonchev–Trinajstić information content (AvgIpc) is 3.39. The Morgan fingerprint density at radius 3 is 2.43 bits per heavy atom. The molecule has 1 aliphatic rings. The largest absolute Gasteiger partial charge is 0.516 e. The number of benzene rings is 3. The summed E-state index contributed by atoms with van der Waals surface area (Å²) in [5, 5.41) is 3.12. The summed E-state index contributed by atoms with van der Waals surface area (Å²) < 4.78 is 68.7. The van der Waals surface area contributed by atoms with Crippen molar-refractivity contribution >= 4 is 33.1 Å². The summed E-state index contributed by atoms with van der Waals surface area (Å²) >= 11 is 0. The molecule has 0 unspecified atom stereocenters. The highest BCUT2D eigenvalue weighted by atomic mass is 32.2. The maximum absolute atomic E-state index is 13.1. The van der Waals surface area contributed by atoms with Crippen LogP contribution in [0.15, 0.2) is 66.7 Å². The van der Waals surface area contributed by atoms with E-state index in [1.54, 1.807) is 24.3 Å². The van der Waals surface area contributed by atoms with Gasteiger partial charge < -0.3 is 14.6 Å². The number of hydrogen-bond acceptors (Lipinski definition) is 6. The molecule has 5 rings (SSSR count). The van der Waals surface area contributed by atoms with Gasteiger partial charge in [-0.15, -0.1) is 0 Å². The Hall–Kier alpha value is -4.39. The fraction of sp³-hybridized carbons (Fsp3) is 0.382. The Morgan fingerprint density at radius 1 is 1.00 bits per heavy atom. The molecule has 4 aromatic rings. The van der Waals surface area contributed by atoms with E-state index in [0.717, 1.165) is 59.2 Å². The number of aromatic nitrogens is 2. The third kappa shape index (κ3) is 8.31. The summed E-state index contributed by atoms with van der Waals surface area (Å²) in [5.41, 5.74) is -1.55. The van der Waals surface area contributed by atoms with Gasteiger partial charge in [-0.2, -0.15) is 21.6 Å². The number of fused-ring (bicyclic) bond motifs is 1. The zero-order valence-electron chi connectivity index (χ0n) is 26.0. The monoisotopic (exact) mass is 670 g/mol. The normalized spacial score (nSPS) is 14.2. The highest BCUT2D eigenvalue weighted by molar-refractivity contribution is 7.90. The van der Waals surface area contributed by atoms with Gasteiger partial charge in [0, 0.05) is 30.6 Å². The van der Waals surface area contributed by atoms with Gasteiger partial charge in [-0.3, -0.25) is 4.79 Å². The van der Waals surface area contributed by atoms with Crippen LogP contribution in [0.25, 0.3) is 22.2 Å². The van der Waals surface area contributed by atoms with Crippen LogP contribution in [0.1, 0.15) is 73.6 Å². The number of para-hydroxylation sites is 1. The minimum atomic E-state index is -5.92. The van der Waals surface area contributed by atoms with Gasteiger partial charge in [-0.05, 0) is 60.6 Å². The summed E-state index contributed by atoms with van der Waals surface area (Å²) in [5.74, 6) is 1.21. The molecule has 2 N–H and O–H groups in total. The zero-order valence-corrected chi connectivity index (χ0v) is 26.8. The first kappa shape index (κ1) is 34.0. The van der Waals surface area contributed by atoms with Crippen molar-refractivity contribution in [3.8, 4) is 16.9 Å². The first-order chi connectivity index (χ1) is 22.4. The lowest BCUT2D eigenvalue weighted by molar-refractivity contribution is -0.0446.